The van der Waals surface area contributed by atoms with Crippen molar-refractivity contribution in [3.63, 3.8) is 0 Å². The highest BCUT2D eigenvalue weighted by molar-refractivity contribution is 6.02. The van der Waals surface area contributed by atoms with E-state index >= 15 is 0 Å². The van der Waals surface area contributed by atoms with Gasteiger partial charge in [-0.05, 0) is 54.0 Å². The van der Waals surface area contributed by atoms with Gasteiger partial charge in [0.2, 0.25) is 0 Å². The van der Waals surface area contributed by atoms with Gasteiger partial charge in [-0.15, -0.1) is 0 Å². The van der Waals surface area contributed by atoms with E-state index in [1.54, 1.807) is 24.3 Å². The molecule has 1 aromatic heterocycles. The number of rotatable bonds is 5. The molecule has 158 valence electrons. The van der Waals surface area contributed by atoms with Crippen LogP contribution in [0.2, 0.25) is 0 Å². The number of ether oxygens (including phenoxy) is 1. The smallest absolute Gasteiger partial charge is 0.359 e. The van der Waals surface area contributed by atoms with Gasteiger partial charge in [0.05, 0.1) is 5.39 Å². The van der Waals surface area contributed by atoms with Crippen LogP contribution in [-0.4, -0.2) is 15.7 Å². The van der Waals surface area contributed by atoms with Gasteiger partial charge < -0.3 is 4.74 Å². The maximum atomic E-state index is 12.9. The number of nitrogens with zero attached hydrogens (tertiary/aromatic N) is 2. The summed E-state index contributed by atoms with van der Waals surface area (Å²) in [6.07, 6.45) is 0.748. The second-order valence-electron chi connectivity index (χ2n) is 8.84. The first-order valence-electron chi connectivity index (χ1n) is 10.4. The number of aromatic nitrogens is 2. The third-order valence-corrected chi connectivity index (χ3v) is 5.41. The van der Waals surface area contributed by atoms with Gasteiger partial charge in [-0.25, -0.2) is 9.48 Å². The van der Waals surface area contributed by atoms with E-state index in [2.05, 4.69) is 38.0 Å². The Morgan fingerprint density at radius 1 is 1.07 bits per heavy atom. The third kappa shape index (κ3) is 4.30. The van der Waals surface area contributed by atoms with Gasteiger partial charge in [0, 0.05) is 11.9 Å². The number of fused-ring (bicyclic) bond motifs is 1. The molecule has 0 spiro atoms. The Bertz CT molecular complexity index is 1130. The number of carbonyl (C=O) groups excluding carboxylic acids is 1. The molecule has 5 heteroatoms. The summed E-state index contributed by atoms with van der Waals surface area (Å²) in [5.41, 5.74) is 4.51. The van der Waals surface area contributed by atoms with Crippen LogP contribution in [0.5, 0.6) is 0 Å². The Morgan fingerprint density at radius 3 is 2.23 bits per heavy atom. The van der Waals surface area contributed by atoms with Crippen molar-refractivity contribution in [3.05, 3.63) is 74.7 Å². The van der Waals surface area contributed by atoms with Gasteiger partial charge >= 0.3 is 5.97 Å². The van der Waals surface area contributed by atoms with Crippen molar-refractivity contribution in [2.24, 2.45) is 0 Å². The van der Waals surface area contributed by atoms with Crippen molar-refractivity contribution in [3.8, 4) is 0 Å². The Morgan fingerprint density at radius 2 is 1.67 bits per heavy atom. The van der Waals surface area contributed by atoms with Gasteiger partial charge in [0.1, 0.15) is 6.61 Å². The van der Waals surface area contributed by atoms with Crippen molar-refractivity contribution >= 4 is 16.7 Å². The summed E-state index contributed by atoms with van der Waals surface area (Å²) in [7, 11) is 0. The summed E-state index contributed by atoms with van der Waals surface area (Å²) >= 11 is 0. The Balaban J connectivity index is 1.93. The van der Waals surface area contributed by atoms with Crippen LogP contribution < -0.4 is 5.56 Å². The number of esters is 1. The highest BCUT2D eigenvalue weighted by Crippen LogP contribution is 2.27. The monoisotopic (exact) mass is 406 g/mol. The maximum Gasteiger partial charge on any atom is 0.359 e. The second kappa shape index (κ2) is 8.42. The molecule has 0 saturated carbocycles. The molecule has 0 aliphatic heterocycles. The SMILES string of the molecule is CCCn1nc(C(=O)OCc2c(C)cc(C(C)(C)C)cc2C)c2ccccc2c1=O. The largest absolute Gasteiger partial charge is 0.456 e. The van der Waals surface area contributed by atoms with E-state index < -0.39 is 5.97 Å². The first kappa shape index (κ1) is 21.8. The van der Waals surface area contributed by atoms with Crippen LogP contribution >= 0.6 is 0 Å². The lowest BCUT2D eigenvalue weighted by molar-refractivity contribution is 0.0464. The Hall–Kier alpha value is -2.95. The Labute approximate surface area is 177 Å². The van der Waals surface area contributed by atoms with E-state index in [1.807, 2.05) is 20.8 Å². The van der Waals surface area contributed by atoms with Crippen LogP contribution in [0.4, 0.5) is 0 Å². The van der Waals surface area contributed by atoms with Crippen molar-refractivity contribution in [2.45, 2.75) is 66.5 Å². The fourth-order valence-corrected chi connectivity index (χ4v) is 3.61. The maximum absolute atomic E-state index is 12.9. The molecule has 0 aliphatic rings. The van der Waals surface area contributed by atoms with Crippen LogP contribution in [0, 0.1) is 13.8 Å². The molecule has 3 aromatic rings. The second-order valence-corrected chi connectivity index (χ2v) is 8.84. The number of aryl methyl sites for hydroxylation is 3. The van der Waals surface area contributed by atoms with Crippen molar-refractivity contribution < 1.29 is 9.53 Å². The first-order chi connectivity index (χ1) is 14.1. The van der Waals surface area contributed by atoms with E-state index in [4.69, 9.17) is 4.74 Å². The van der Waals surface area contributed by atoms with E-state index in [-0.39, 0.29) is 23.3 Å². The minimum atomic E-state index is -0.519. The molecule has 0 atom stereocenters. The molecule has 0 saturated heterocycles. The fourth-order valence-electron chi connectivity index (χ4n) is 3.61. The predicted octanol–water partition coefficient (Wildman–Crippen LogP) is 5.08. The highest BCUT2D eigenvalue weighted by atomic mass is 16.5. The van der Waals surface area contributed by atoms with Crippen molar-refractivity contribution in [1.82, 2.24) is 9.78 Å². The van der Waals surface area contributed by atoms with Crippen LogP contribution in [0.3, 0.4) is 0 Å². The standard InChI is InChI=1S/C25H30N2O3/c1-7-12-27-23(28)20-11-9-8-10-19(20)22(26-27)24(29)30-15-21-16(2)13-18(14-17(21)3)25(4,5)6/h8-11,13-14H,7,12,15H2,1-6H3. The molecular formula is C25H30N2O3. The summed E-state index contributed by atoms with van der Waals surface area (Å²) < 4.78 is 7.02. The van der Waals surface area contributed by atoms with Gasteiger partial charge in [0.25, 0.3) is 5.56 Å². The summed E-state index contributed by atoms with van der Waals surface area (Å²) in [5.74, 6) is -0.519. The van der Waals surface area contributed by atoms with Crippen LogP contribution in [0.1, 0.15) is 66.9 Å². The van der Waals surface area contributed by atoms with Gasteiger partial charge in [0.15, 0.2) is 5.69 Å². The molecule has 1 heterocycles. The van der Waals surface area contributed by atoms with Gasteiger partial charge in [-0.1, -0.05) is 58.0 Å². The topological polar surface area (TPSA) is 61.2 Å². The predicted molar refractivity (Wildman–Crippen MR) is 120 cm³/mol. The van der Waals surface area contributed by atoms with E-state index in [1.165, 1.54) is 10.2 Å². The lowest BCUT2D eigenvalue weighted by Gasteiger charge is -2.22. The molecule has 0 radical (unpaired) electrons. The summed E-state index contributed by atoms with van der Waals surface area (Å²) in [6.45, 7) is 13.2. The van der Waals surface area contributed by atoms with Crippen LogP contribution in [-0.2, 0) is 23.3 Å². The number of hydrogen-bond acceptors (Lipinski definition) is 4. The fraction of sp³-hybridized carbons (Fsp3) is 0.400. The summed E-state index contributed by atoms with van der Waals surface area (Å²) in [4.78, 5) is 25.6. The lowest BCUT2D eigenvalue weighted by Crippen LogP contribution is -2.26. The number of benzene rings is 2. The van der Waals surface area contributed by atoms with E-state index in [9.17, 15) is 9.59 Å². The molecule has 2 aromatic carbocycles. The third-order valence-electron chi connectivity index (χ3n) is 5.41. The summed E-state index contributed by atoms with van der Waals surface area (Å²) in [5, 5.41) is 5.33. The zero-order valence-electron chi connectivity index (χ0n) is 18.7. The average Bonchev–Trinajstić information content (AvgIpc) is 2.68. The van der Waals surface area contributed by atoms with E-state index in [0.717, 1.165) is 23.1 Å². The molecule has 30 heavy (non-hydrogen) atoms. The number of carbonyl (C=O) groups is 1. The highest BCUT2D eigenvalue weighted by Gasteiger charge is 2.20. The van der Waals surface area contributed by atoms with E-state index in [0.29, 0.717) is 17.3 Å². The number of hydrogen-bond donors (Lipinski definition) is 0. The first-order valence-corrected chi connectivity index (χ1v) is 10.4. The van der Waals surface area contributed by atoms with Crippen molar-refractivity contribution in [2.75, 3.05) is 0 Å². The molecule has 0 bridgehead atoms. The minimum absolute atomic E-state index is 0.0561. The molecule has 5 nitrogen and oxygen atoms in total. The lowest BCUT2D eigenvalue weighted by atomic mass is 9.84. The zero-order chi connectivity index (χ0) is 22.1. The minimum Gasteiger partial charge on any atom is -0.456 e. The molecule has 0 unspecified atom stereocenters. The van der Waals surface area contributed by atoms with Crippen LogP contribution in [0.25, 0.3) is 10.8 Å². The quantitative estimate of drug-likeness (QED) is 0.555. The van der Waals surface area contributed by atoms with Crippen molar-refractivity contribution in [1.29, 1.82) is 0 Å². The summed E-state index contributed by atoms with van der Waals surface area (Å²) in [6, 6.07) is 11.4. The molecule has 3 rings (SSSR count). The normalized spacial score (nSPS) is 11.7. The zero-order valence-corrected chi connectivity index (χ0v) is 18.7. The molecular weight excluding hydrogens is 376 g/mol. The molecule has 0 fully saturated rings. The van der Waals surface area contributed by atoms with Crippen LogP contribution in [0.15, 0.2) is 41.2 Å². The van der Waals surface area contributed by atoms with Gasteiger partial charge in [-0.2, -0.15) is 5.10 Å². The molecule has 0 amide bonds. The molecule has 0 N–H and O–H groups in total. The Kier molecular flexibility index (Phi) is 6.11. The molecule has 0 aliphatic carbocycles. The average molecular weight is 407 g/mol. The van der Waals surface area contributed by atoms with Gasteiger partial charge in [-0.3, -0.25) is 4.79 Å².